The number of nitrogens with two attached hydrogens (primary N) is 1. The molecule has 0 radical (unpaired) electrons. The number of rotatable bonds is 0. The summed E-state index contributed by atoms with van der Waals surface area (Å²) < 4.78 is 6.08. The zero-order valence-electron chi connectivity index (χ0n) is 9.52. The zero-order chi connectivity index (χ0) is 11.2. The topological polar surface area (TPSA) is 51.4 Å². The molecule has 16 heavy (non-hydrogen) atoms. The van der Waals surface area contributed by atoms with Gasteiger partial charge in [-0.25, -0.2) is 0 Å². The number of nitrogens with zero attached hydrogens (tertiary/aromatic N) is 2. The van der Waals surface area contributed by atoms with Gasteiger partial charge in [-0.1, -0.05) is 0 Å². The van der Waals surface area contributed by atoms with Gasteiger partial charge in [0.1, 0.15) is 11.4 Å². The van der Waals surface area contributed by atoms with Crippen LogP contribution in [0.25, 0.3) is 0 Å². The molecule has 4 heteroatoms. The lowest BCUT2D eigenvalue weighted by Gasteiger charge is -2.39. The van der Waals surface area contributed by atoms with E-state index in [1.54, 1.807) is 12.4 Å². The molecule has 0 unspecified atom stereocenters. The predicted molar refractivity (Wildman–Crippen MR) is 61.3 cm³/mol. The van der Waals surface area contributed by atoms with Crippen LogP contribution in [0, 0.1) is 0 Å². The van der Waals surface area contributed by atoms with Crippen LogP contribution >= 0.6 is 0 Å². The van der Waals surface area contributed by atoms with Gasteiger partial charge in [-0.2, -0.15) is 0 Å². The highest BCUT2D eigenvalue weighted by Crippen LogP contribution is 2.46. The third-order valence-electron chi connectivity index (χ3n) is 3.86. The minimum Gasteiger partial charge on any atom is -0.483 e. The number of pyridine rings is 1. The second-order valence-electron chi connectivity index (χ2n) is 4.86. The Balaban J connectivity index is 1.91. The summed E-state index contributed by atoms with van der Waals surface area (Å²) in [6.07, 6.45) is 5.57. The van der Waals surface area contributed by atoms with Gasteiger partial charge in [-0.05, 0) is 13.1 Å². The van der Waals surface area contributed by atoms with Crippen molar-refractivity contribution in [2.24, 2.45) is 5.73 Å². The lowest BCUT2D eigenvalue weighted by atomic mass is 9.83. The maximum absolute atomic E-state index is 6.33. The van der Waals surface area contributed by atoms with Crippen molar-refractivity contribution in [3.8, 4) is 5.75 Å². The van der Waals surface area contributed by atoms with Crippen molar-refractivity contribution >= 4 is 0 Å². The number of aromatic nitrogens is 1. The molecule has 2 aliphatic heterocycles. The third kappa shape index (κ3) is 1.33. The van der Waals surface area contributed by atoms with E-state index in [0.29, 0.717) is 0 Å². The van der Waals surface area contributed by atoms with E-state index in [-0.39, 0.29) is 11.6 Å². The molecule has 0 bridgehead atoms. The number of hydrogen-bond acceptors (Lipinski definition) is 4. The van der Waals surface area contributed by atoms with Crippen molar-refractivity contribution in [3.63, 3.8) is 0 Å². The fourth-order valence-corrected chi connectivity index (χ4v) is 2.71. The van der Waals surface area contributed by atoms with Gasteiger partial charge in [0, 0.05) is 37.7 Å². The summed E-state index contributed by atoms with van der Waals surface area (Å²) in [4.78, 5) is 6.41. The van der Waals surface area contributed by atoms with Crippen LogP contribution in [-0.4, -0.2) is 35.6 Å². The Kier molecular flexibility index (Phi) is 2.16. The Morgan fingerprint density at radius 3 is 2.94 bits per heavy atom. The number of piperidine rings is 1. The Labute approximate surface area is 95.4 Å². The van der Waals surface area contributed by atoms with Crippen molar-refractivity contribution in [1.82, 2.24) is 9.88 Å². The molecule has 0 saturated carbocycles. The minimum absolute atomic E-state index is 0.000741. The van der Waals surface area contributed by atoms with Crippen LogP contribution < -0.4 is 10.5 Å². The molecule has 1 spiro atoms. The van der Waals surface area contributed by atoms with Crippen molar-refractivity contribution in [1.29, 1.82) is 0 Å². The van der Waals surface area contributed by atoms with E-state index in [2.05, 4.69) is 16.9 Å². The van der Waals surface area contributed by atoms with E-state index in [1.807, 2.05) is 6.07 Å². The SMILES string of the molecule is CN1CCC2(CC1)Oc1cnccc1[C@@H]2N. The maximum Gasteiger partial charge on any atom is 0.143 e. The number of likely N-dealkylation sites (tertiary alicyclic amines) is 1. The summed E-state index contributed by atoms with van der Waals surface area (Å²) in [5, 5.41) is 0. The molecule has 1 aromatic heterocycles. The largest absolute Gasteiger partial charge is 0.483 e. The predicted octanol–water partition coefficient (Wildman–Crippen LogP) is 0.938. The van der Waals surface area contributed by atoms with E-state index in [1.165, 1.54) is 0 Å². The normalized spacial score (nSPS) is 27.8. The molecular formula is C12H17N3O. The van der Waals surface area contributed by atoms with Crippen LogP contribution in [0.3, 0.4) is 0 Å². The van der Waals surface area contributed by atoms with Crippen molar-refractivity contribution in [2.75, 3.05) is 20.1 Å². The van der Waals surface area contributed by atoms with Gasteiger partial charge in [0.15, 0.2) is 0 Å². The van der Waals surface area contributed by atoms with Gasteiger partial charge < -0.3 is 15.4 Å². The summed E-state index contributed by atoms with van der Waals surface area (Å²) >= 11 is 0. The average Bonchev–Trinajstić information content (AvgIpc) is 2.58. The first-order chi connectivity index (χ1) is 7.71. The van der Waals surface area contributed by atoms with Gasteiger partial charge >= 0.3 is 0 Å². The third-order valence-corrected chi connectivity index (χ3v) is 3.86. The Morgan fingerprint density at radius 1 is 1.50 bits per heavy atom. The second kappa shape index (κ2) is 3.43. The maximum atomic E-state index is 6.33. The van der Waals surface area contributed by atoms with Crippen LogP contribution in [0.5, 0.6) is 5.75 Å². The molecule has 86 valence electrons. The fourth-order valence-electron chi connectivity index (χ4n) is 2.71. The Bertz CT molecular complexity index is 399. The summed E-state index contributed by atoms with van der Waals surface area (Å²) in [5.41, 5.74) is 7.26. The lowest BCUT2D eigenvalue weighted by molar-refractivity contribution is 0.00739. The molecule has 2 N–H and O–H groups in total. The van der Waals surface area contributed by atoms with Crippen LogP contribution in [-0.2, 0) is 0 Å². The lowest BCUT2D eigenvalue weighted by Crippen LogP contribution is -2.50. The highest BCUT2D eigenvalue weighted by Gasteiger charge is 2.47. The number of hydrogen-bond donors (Lipinski definition) is 1. The average molecular weight is 219 g/mol. The van der Waals surface area contributed by atoms with E-state index in [4.69, 9.17) is 10.5 Å². The smallest absolute Gasteiger partial charge is 0.143 e. The molecule has 3 rings (SSSR count). The molecule has 4 nitrogen and oxygen atoms in total. The van der Waals surface area contributed by atoms with Crippen LogP contribution in [0.1, 0.15) is 24.4 Å². The van der Waals surface area contributed by atoms with E-state index >= 15 is 0 Å². The quantitative estimate of drug-likeness (QED) is 0.705. The van der Waals surface area contributed by atoms with Gasteiger partial charge in [0.05, 0.1) is 12.2 Å². The molecule has 1 saturated heterocycles. The molecule has 1 atom stereocenters. The van der Waals surface area contributed by atoms with E-state index in [0.717, 1.165) is 37.2 Å². The fraction of sp³-hybridized carbons (Fsp3) is 0.583. The molecule has 2 aliphatic rings. The Hall–Kier alpha value is -1.13. The van der Waals surface area contributed by atoms with Gasteiger partial charge in [0.2, 0.25) is 0 Å². The first-order valence-electron chi connectivity index (χ1n) is 5.78. The van der Waals surface area contributed by atoms with E-state index in [9.17, 15) is 0 Å². The van der Waals surface area contributed by atoms with Crippen LogP contribution in [0.2, 0.25) is 0 Å². The number of fused-ring (bicyclic) bond motifs is 1. The molecule has 0 aliphatic carbocycles. The zero-order valence-corrected chi connectivity index (χ0v) is 9.52. The number of ether oxygens (including phenoxy) is 1. The van der Waals surface area contributed by atoms with Gasteiger partial charge in [0.25, 0.3) is 0 Å². The Morgan fingerprint density at radius 2 is 2.25 bits per heavy atom. The monoisotopic (exact) mass is 219 g/mol. The second-order valence-corrected chi connectivity index (χ2v) is 4.86. The first-order valence-corrected chi connectivity index (χ1v) is 5.78. The minimum atomic E-state index is -0.183. The highest BCUT2D eigenvalue weighted by molar-refractivity contribution is 5.40. The van der Waals surface area contributed by atoms with Crippen molar-refractivity contribution < 1.29 is 4.74 Å². The molecule has 3 heterocycles. The van der Waals surface area contributed by atoms with Crippen LogP contribution in [0.15, 0.2) is 18.5 Å². The molecular weight excluding hydrogens is 202 g/mol. The summed E-state index contributed by atoms with van der Waals surface area (Å²) in [7, 11) is 2.14. The van der Waals surface area contributed by atoms with Gasteiger partial charge in [-0.15, -0.1) is 0 Å². The van der Waals surface area contributed by atoms with Crippen molar-refractivity contribution in [3.05, 3.63) is 24.0 Å². The molecule has 1 aromatic rings. The van der Waals surface area contributed by atoms with Crippen molar-refractivity contribution in [2.45, 2.75) is 24.5 Å². The standard InChI is InChI=1S/C12H17N3O/c1-15-6-3-12(4-7-15)11(13)9-2-5-14-8-10(9)16-12/h2,5,8,11H,3-4,6-7,13H2,1H3/t11-/m0/s1. The van der Waals surface area contributed by atoms with Crippen LogP contribution in [0.4, 0.5) is 0 Å². The summed E-state index contributed by atoms with van der Waals surface area (Å²) in [6, 6.07) is 1.98. The summed E-state index contributed by atoms with van der Waals surface area (Å²) in [5.74, 6) is 0.875. The molecule has 0 amide bonds. The van der Waals surface area contributed by atoms with Gasteiger partial charge in [-0.3, -0.25) is 4.98 Å². The molecule has 0 aromatic carbocycles. The summed E-state index contributed by atoms with van der Waals surface area (Å²) in [6.45, 7) is 2.10. The first kappa shape index (κ1) is 10.1. The van der Waals surface area contributed by atoms with E-state index < -0.39 is 0 Å². The molecule has 1 fully saturated rings. The highest BCUT2D eigenvalue weighted by atomic mass is 16.5.